The normalized spacial score (nSPS) is 10.2. The standard InChI is InChI=1S/C18H27NO4/c1-4-6-12-19(13-11-18(21)22-5-2)17(20)14-23-16-9-7-15(3)8-10-16/h7-10H,4-6,11-14H2,1-3H3. The van der Waals surface area contributed by atoms with Gasteiger partial charge in [0.15, 0.2) is 6.61 Å². The molecule has 1 amide bonds. The molecule has 1 aromatic rings. The van der Waals surface area contributed by atoms with Gasteiger partial charge in [0.1, 0.15) is 5.75 Å². The van der Waals surface area contributed by atoms with Crippen molar-refractivity contribution in [3.05, 3.63) is 29.8 Å². The van der Waals surface area contributed by atoms with Crippen molar-refractivity contribution in [1.29, 1.82) is 0 Å². The summed E-state index contributed by atoms with van der Waals surface area (Å²) < 4.78 is 10.4. The van der Waals surface area contributed by atoms with Gasteiger partial charge in [-0.3, -0.25) is 9.59 Å². The molecule has 1 aromatic carbocycles. The van der Waals surface area contributed by atoms with Crippen molar-refractivity contribution in [2.45, 2.75) is 40.0 Å². The van der Waals surface area contributed by atoms with E-state index in [1.54, 1.807) is 11.8 Å². The Balaban J connectivity index is 2.49. The third-order valence-corrected chi connectivity index (χ3v) is 3.41. The van der Waals surface area contributed by atoms with Gasteiger partial charge in [0.2, 0.25) is 0 Å². The number of ether oxygens (including phenoxy) is 2. The van der Waals surface area contributed by atoms with Gasteiger partial charge >= 0.3 is 5.97 Å². The number of rotatable bonds is 10. The van der Waals surface area contributed by atoms with Crippen LogP contribution < -0.4 is 4.74 Å². The smallest absolute Gasteiger partial charge is 0.307 e. The zero-order valence-electron chi connectivity index (χ0n) is 14.3. The molecule has 0 aromatic heterocycles. The molecule has 0 fully saturated rings. The van der Waals surface area contributed by atoms with Gasteiger partial charge in [-0.2, -0.15) is 0 Å². The van der Waals surface area contributed by atoms with E-state index in [1.807, 2.05) is 31.2 Å². The quantitative estimate of drug-likeness (QED) is 0.622. The largest absolute Gasteiger partial charge is 0.484 e. The van der Waals surface area contributed by atoms with Crippen LogP contribution in [0.4, 0.5) is 0 Å². The first-order valence-corrected chi connectivity index (χ1v) is 8.19. The Morgan fingerprint density at radius 3 is 2.39 bits per heavy atom. The van der Waals surface area contributed by atoms with Crippen LogP contribution >= 0.6 is 0 Å². The van der Waals surface area contributed by atoms with Crippen molar-refractivity contribution in [3.63, 3.8) is 0 Å². The monoisotopic (exact) mass is 321 g/mol. The molecule has 128 valence electrons. The van der Waals surface area contributed by atoms with Gasteiger partial charge in [-0.05, 0) is 32.4 Å². The summed E-state index contributed by atoms with van der Waals surface area (Å²) in [7, 11) is 0. The van der Waals surface area contributed by atoms with Crippen LogP contribution in [-0.2, 0) is 14.3 Å². The number of nitrogens with zero attached hydrogens (tertiary/aromatic N) is 1. The Labute approximate surface area is 138 Å². The van der Waals surface area contributed by atoms with Crippen LogP contribution in [0.3, 0.4) is 0 Å². The Morgan fingerprint density at radius 1 is 1.09 bits per heavy atom. The van der Waals surface area contributed by atoms with Crippen LogP contribution in [-0.4, -0.2) is 43.1 Å². The van der Waals surface area contributed by atoms with Crippen LogP contribution in [0.2, 0.25) is 0 Å². The van der Waals surface area contributed by atoms with E-state index < -0.39 is 0 Å². The molecule has 0 bridgehead atoms. The molecule has 0 radical (unpaired) electrons. The number of carbonyl (C=O) groups is 2. The lowest BCUT2D eigenvalue weighted by molar-refractivity contribution is -0.144. The van der Waals surface area contributed by atoms with E-state index in [-0.39, 0.29) is 24.9 Å². The Hall–Kier alpha value is -2.04. The molecule has 5 heteroatoms. The number of esters is 1. The zero-order valence-corrected chi connectivity index (χ0v) is 14.3. The predicted molar refractivity (Wildman–Crippen MR) is 89.4 cm³/mol. The highest BCUT2D eigenvalue weighted by Gasteiger charge is 2.15. The van der Waals surface area contributed by atoms with Gasteiger partial charge in [0.05, 0.1) is 13.0 Å². The van der Waals surface area contributed by atoms with Gasteiger partial charge in [-0.15, -0.1) is 0 Å². The second-order valence-electron chi connectivity index (χ2n) is 5.39. The van der Waals surface area contributed by atoms with E-state index in [9.17, 15) is 9.59 Å². The van der Waals surface area contributed by atoms with Gasteiger partial charge < -0.3 is 14.4 Å². The highest BCUT2D eigenvalue weighted by atomic mass is 16.5. The van der Waals surface area contributed by atoms with Crippen molar-refractivity contribution in [2.24, 2.45) is 0 Å². The zero-order chi connectivity index (χ0) is 17.1. The van der Waals surface area contributed by atoms with Crippen molar-refractivity contribution in [3.8, 4) is 5.75 Å². The fourth-order valence-corrected chi connectivity index (χ4v) is 2.04. The van der Waals surface area contributed by atoms with Crippen LogP contribution in [0.5, 0.6) is 5.75 Å². The second kappa shape index (κ2) is 10.6. The van der Waals surface area contributed by atoms with Crippen LogP contribution in [0.15, 0.2) is 24.3 Å². The second-order valence-corrected chi connectivity index (χ2v) is 5.39. The number of amides is 1. The minimum atomic E-state index is -0.277. The van der Waals surface area contributed by atoms with Crippen LogP contribution in [0.1, 0.15) is 38.7 Å². The summed E-state index contributed by atoms with van der Waals surface area (Å²) in [5.41, 5.74) is 1.14. The molecule has 0 atom stereocenters. The lowest BCUT2D eigenvalue weighted by Crippen LogP contribution is -2.37. The maximum absolute atomic E-state index is 12.3. The van der Waals surface area contributed by atoms with E-state index in [0.717, 1.165) is 18.4 Å². The molecule has 0 saturated heterocycles. The van der Waals surface area contributed by atoms with Crippen LogP contribution in [0, 0.1) is 6.92 Å². The summed E-state index contributed by atoms with van der Waals surface area (Å²) >= 11 is 0. The summed E-state index contributed by atoms with van der Waals surface area (Å²) in [6.07, 6.45) is 2.11. The lowest BCUT2D eigenvalue weighted by atomic mass is 10.2. The topological polar surface area (TPSA) is 55.8 Å². The van der Waals surface area contributed by atoms with E-state index in [2.05, 4.69) is 6.92 Å². The number of aryl methyl sites for hydroxylation is 1. The third-order valence-electron chi connectivity index (χ3n) is 3.41. The average Bonchev–Trinajstić information content (AvgIpc) is 2.54. The summed E-state index contributed by atoms with van der Waals surface area (Å²) in [6, 6.07) is 7.57. The number of hydrogen-bond donors (Lipinski definition) is 0. The van der Waals surface area contributed by atoms with Crippen LogP contribution in [0.25, 0.3) is 0 Å². The van der Waals surface area contributed by atoms with E-state index in [1.165, 1.54) is 0 Å². The molecule has 0 aliphatic carbocycles. The molecule has 0 unspecified atom stereocenters. The van der Waals surface area contributed by atoms with E-state index in [4.69, 9.17) is 9.47 Å². The molecule has 0 aliphatic heterocycles. The third kappa shape index (κ3) is 7.68. The fourth-order valence-electron chi connectivity index (χ4n) is 2.04. The summed E-state index contributed by atoms with van der Waals surface area (Å²) in [5, 5.41) is 0. The average molecular weight is 321 g/mol. The molecule has 0 aliphatic rings. The first-order valence-electron chi connectivity index (χ1n) is 8.19. The molecule has 0 saturated carbocycles. The minimum Gasteiger partial charge on any atom is -0.484 e. The molecule has 1 rings (SSSR count). The lowest BCUT2D eigenvalue weighted by Gasteiger charge is -2.22. The first kappa shape index (κ1) is 19.0. The van der Waals surface area contributed by atoms with Gasteiger partial charge in [-0.25, -0.2) is 0 Å². The summed E-state index contributed by atoms with van der Waals surface area (Å²) in [6.45, 7) is 7.18. The predicted octanol–water partition coefficient (Wildman–Crippen LogP) is 2.96. The van der Waals surface area contributed by atoms with Crippen molar-refractivity contribution < 1.29 is 19.1 Å². The van der Waals surface area contributed by atoms with E-state index in [0.29, 0.717) is 25.4 Å². The number of hydrogen-bond acceptors (Lipinski definition) is 4. The Morgan fingerprint density at radius 2 is 1.78 bits per heavy atom. The van der Waals surface area contributed by atoms with Gasteiger partial charge in [0, 0.05) is 13.1 Å². The molecule has 0 N–H and O–H groups in total. The fraction of sp³-hybridized carbons (Fsp3) is 0.556. The Bertz CT molecular complexity index is 484. The highest BCUT2D eigenvalue weighted by molar-refractivity contribution is 5.78. The Kier molecular flexibility index (Phi) is 8.80. The summed E-state index contributed by atoms with van der Waals surface area (Å²) in [5.74, 6) is 0.286. The number of carbonyl (C=O) groups excluding carboxylic acids is 2. The molecule has 23 heavy (non-hydrogen) atoms. The van der Waals surface area contributed by atoms with Gasteiger partial charge in [0.25, 0.3) is 5.91 Å². The SMILES string of the molecule is CCCCN(CCC(=O)OCC)C(=O)COc1ccc(C)cc1. The maximum atomic E-state index is 12.3. The maximum Gasteiger partial charge on any atom is 0.307 e. The molecular weight excluding hydrogens is 294 g/mol. The van der Waals surface area contributed by atoms with Crippen molar-refractivity contribution in [2.75, 3.05) is 26.3 Å². The molecule has 0 heterocycles. The van der Waals surface area contributed by atoms with E-state index >= 15 is 0 Å². The van der Waals surface area contributed by atoms with Crippen molar-refractivity contribution >= 4 is 11.9 Å². The minimum absolute atomic E-state index is 0.0183. The van der Waals surface area contributed by atoms with Gasteiger partial charge in [-0.1, -0.05) is 31.0 Å². The number of benzene rings is 1. The molecule has 5 nitrogen and oxygen atoms in total. The highest BCUT2D eigenvalue weighted by Crippen LogP contribution is 2.11. The van der Waals surface area contributed by atoms with Crippen molar-refractivity contribution in [1.82, 2.24) is 4.90 Å². The number of unbranched alkanes of at least 4 members (excludes halogenated alkanes) is 1. The molecule has 0 spiro atoms. The summed E-state index contributed by atoms with van der Waals surface area (Å²) in [4.78, 5) is 25.4. The first-order chi connectivity index (χ1) is 11.1. The molecular formula is C18H27NO4.